The van der Waals surface area contributed by atoms with Crippen molar-refractivity contribution in [3.05, 3.63) is 24.3 Å². The molecule has 0 aliphatic rings. The molecular weight excluding hydrogens is 1320 g/mol. The van der Waals surface area contributed by atoms with Crippen molar-refractivity contribution in [2.45, 2.75) is 426 Å². The van der Waals surface area contributed by atoms with Crippen LogP contribution in [-0.2, 0) is 65.4 Å². The molecule has 0 saturated carbocycles. The Bertz CT molecular complexity index is 2040. The lowest BCUT2D eigenvalue weighted by Crippen LogP contribution is -2.30. The van der Waals surface area contributed by atoms with Crippen molar-refractivity contribution < 1.29 is 80.2 Å². The highest BCUT2D eigenvalue weighted by atomic mass is 31.2. The second-order valence-electron chi connectivity index (χ2n) is 29.8. The summed E-state index contributed by atoms with van der Waals surface area (Å²) in [7, 11) is -9.93. The Morgan fingerprint density at radius 3 is 0.812 bits per heavy atom. The van der Waals surface area contributed by atoms with Crippen LogP contribution in [0.15, 0.2) is 24.3 Å². The molecular formula is C82H156O17P2. The number of phosphoric acid groups is 2. The van der Waals surface area contributed by atoms with E-state index in [-0.39, 0.29) is 25.7 Å². The van der Waals surface area contributed by atoms with E-state index in [9.17, 15) is 43.2 Å². The third-order valence-corrected chi connectivity index (χ3v) is 20.5. The van der Waals surface area contributed by atoms with E-state index < -0.39 is 97.5 Å². The maximum Gasteiger partial charge on any atom is 0.472 e. The molecule has 3 N–H and O–H groups in total. The predicted molar refractivity (Wildman–Crippen MR) is 414 cm³/mol. The Morgan fingerprint density at radius 2 is 0.535 bits per heavy atom. The second kappa shape index (κ2) is 73.1. The molecule has 0 aliphatic heterocycles. The summed E-state index contributed by atoms with van der Waals surface area (Å²) in [6, 6.07) is 0. The summed E-state index contributed by atoms with van der Waals surface area (Å²) in [5.41, 5.74) is 0. The minimum absolute atomic E-state index is 0.101. The number of rotatable bonds is 79. The number of aliphatic hydroxyl groups is 1. The van der Waals surface area contributed by atoms with Crippen LogP contribution in [0.2, 0.25) is 0 Å². The summed E-state index contributed by atoms with van der Waals surface area (Å²) in [5, 5.41) is 10.6. The summed E-state index contributed by atoms with van der Waals surface area (Å²) in [6.45, 7) is 9.55. The van der Waals surface area contributed by atoms with E-state index in [1.54, 1.807) is 0 Å². The molecule has 0 saturated heterocycles. The zero-order chi connectivity index (χ0) is 74.2. The lowest BCUT2D eigenvalue weighted by molar-refractivity contribution is -0.161. The number of phosphoric ester groups is 2. The molecule has 0 spiro atoms. The van der Waals surface area contributed by atoms with Gasteiger partial charge in [0.15, 0.2) is 12.2 Å². The lowest BCUT2D eigenvalue weighted by Gasteiger charge is -2.21. The zero-order valence-corrected chi connectivity index (χ0v) is 67.5. The number of carbonyl (C=O) groups excluding carboxylic acids is 4. The van der Waals surface area contributed by atoms with Crippen molar-refractivity contribution in [2.24, 2.45) is 11.8 Å². The Hall–Kier alpha value is -2.46. The smallest absolute Gasteiger partial charge is 0.462 e. The van der Waals surface area contributed by atoms with Gasteiger partial charge in [-0.2, -0.15) is 0 Å². The van der Waals surface area contributed by atoms with E-state index in [1.807, 2.05) is 0 Å². The number of esters is 4. The first-order valence-corrected chi connectivity index (χ1v) is 44.8. The largest absolute Gasteiger partial charge is 0.472 e. The van der Waals surface area contributed by atoms with Crippen molar-refractivity contribution in [2.75, 3.05) is 39.6 Å². The van der Waals surface area contributed by atoms with Gasteiger partial charge in [0.2, 0.25) is 0 Å². The molecule has 0 amide bonds. The molecule has 0 aromatic rings. The third kappa shape index (κ3) is 75.6. The van der Waals surface area contributed by atoms with E-state index in [2.05, 4.69) is 65.8 Å². The maximum absolute atomic E-state index is 13.1. The number of hydrogen-bond acceptors (Lipinski definition) is 15. The molecule has 17 nitrogen and oxygen atoms in total. The molecule has 101 heavy (non-hydrogen) atoms. The van der Waals surface area contributed by atoms with Gasteiger partial charge in [-0.15, -0.1) is 0 Å². The molecule has 0 aromatic carbocycles. The molecule has 596 valence electrons. The van der Waals surface area contributed by atoms with Crippen LogP contribution < -0.4 is 0 Å². The van der Waals surface area contributed by atoms with Crippen LogP contribution in [0.25, 0.3) is 0 Å². The number of hydrogen-bond donors (Lipinski definition) is 3. The van der Waals surface area contributed by atoms with E-state index in [1.165, 1.54) is 199 Å². The van der Waals surface area contributed by atoms with Gasteiger partial charge in [0, 0.05) is 25.7 Å². The highest BCUT2D eigenvalue weighted by Crippen LogP contribution is 2.45. The normalized spacial score (nSPS) is 14.0. The fraction of sp³-hybridized carbons (Fsp3) is 0.902. The third-order valence-electron chi connectivity index (χ3n) is 18.6. The Kier molecular flexibility index (Phi) is 71.3. The zero-order valence-electron chi connectivity index (χ0n) is 65.7. The molecule has 0 aliphatic carbocycles. The highest BCUT2D eigenvalue weighted by molar-refractivity contribution is 7.47. The van der Waals surface area contributed by atoms with Crippen molar-refractivity contribution in [1.29, 1.82) is 0 Å². The number of unbranched alkanes of at least 4 members (excludes halogenated alkanes) is 46. The summed E-state index contributed by atoms with van der Waals surface area (Å²) < 4.78 is 68.7. The van der Waals surface area contributed by atoms with Gasteiger partial charge in [0.05, 0.1) is 26.4 Å². The number of ether oxygens (including phenoxy) is 4. The Labute approximate surface area is 618 Å². The molecule has 0 heterocycles. The van der Waals surface area contributed by atoms with Crippen LogP contribution in [0.4, 0.5) is 0 Å². The average molecular weight is 1480 g/mol. The summed E-state index contributed by atoms with van der Waals surface area (Å²) in [4.78, 5) is 73.0. The van der Waals surface area contributed by atoms with Gasteiger partial charge in [0.25, 0.3) is 0 Å². The highest BCUT2D eigenvalue weighted by Gasteiger charge is 2.30. The topological polar surface area (TPSA) is 237 Å². The molecule has 0 radical (unpaired) electrons. The SMILES string of the molecule is CCCCCC/C=C\C=C/CCCCCCCC(=O)OC[C@H](COP(=O)(O)OC[C@@H](O)COP(=O)(O)OC[C@@H](COC(=O)CCCCCCCCCC(C)C)OC(=O)CCCCCCCCCCCCCCCCC)OC(=O)CCCCCCCCCCCCCCCCCCCCC(C)C. The van der Waals surface area contributed by atoms with Gasteiger partial charge in [0.1, 0.15) is 19.3 Å². The van der Waals surface area contributed by atoms with E-state index in [0.717, 1.165) is 121 Å². The monoisotopic (exact) mass is 1480 g/mol. The van der Waals surface area contributed by atoms with Crippen LogP contribution in [0, 0.1) is 11.8 Å². The van der Waals surface area contributed by atoms with Crippen LogP contribution >= 0.6 is 15.6 Å². The van der Waals surface area contributed by atoms with Crippen molar-refractivity contribution in [3.8, 4) is 0 Å². The molecule has 0 fully saturated rings. The summed E-state index contributed by atoms with van der Waals surface area (Å²) in [5.74, 6) is -0.616. The van der Waals surface area contributed by atoms with E-state index >= 15 is 0 Å². The fourth-order valence-corrected chi connectivity index (χ4v) is 13.8. The van der Waals surface area contributed by atoms with Crippen LogP contribution in [0.5, 0.6) is 0 Å². The van der Waals surface area contributed by atoms with Crippen molar-refractivity contribution in [1.82, 2.24) is 0 Å². The fourth-order valence-electron chi connectivity index (χ4n) is 12.2. The first-order valence-electron chi connectivity index (χ1n) is 41.8. The first-order chi connectivity index (χ1) is 48.9. The molecule has 2 unspecified atom stereocenters. The maximum atomic E-state index is 13.1. The van der Waals surface area contributed by atoms with Gasteiger partial charge in [-0.1, -0.05) is 355 Å². The molecule has 19 heteroatoms. The van der Waals surface area contributed by atoms with Crippen LogP contribution in [0.3, 0.4) is 0 Å². The number of aliphatic hydroxyl groups excluding tert-OH is 1. The number of carbonyl (C=O) groups is 4. The molecule has 0 bridgehead atoms. The first kappa shape index (κ1) is 98.5. The lowest BCUT2D eigenvalue weighted by atomic mass is 10.0. The van der Waals surface area contributed by atoms with E-state index in [0.29, 0.717) is 31.6 Å². The van der Waals surface area contributed by atoms with Gasteiger partial charge >= 0.3 is 39.5 Å². The summed E-state index contributed by atoms with van der Waals surface area (Å²) >= 11 is 0. The summed E-state index contributed by atoms with van der Waals surface area (Å²) in [6.07, 6.45) is 66.1. The van der Waals surface area contributed by atoms with E-state index in [4.69, 9.17) is 37.0 Å². The van der Waals surface area contributed by atoms with Crippen LogP contribution in [-0.4, -0.2) is 96.7 Å². The van der Waals surface area contributed by atoms with Gasteiger partial charge in [-0.25, -0.2) is 9.13 Å². The van der Waals surface area contributed by atoms with Gasteiger partial charge in [-0.05, 0) is 63.2 Å². The molecule has 5 atom stereocenters. The molecule has 0 rings (SSSR count). The minimum Gasteiger partial charge on any atom is -0.462 e. The second-order valence-corrected chi connectivity index (χ2v) is 32.7. The van der Waals surface area contributed by atoms with Gasteiger partial charge in [-0.3, -0.25) is 37.3 Å². The van der Waals surface area contributed by atoms with Gasteiger partial charge < -0.3 is 33.8 Å². The Balaban J connectivity index is 5.25. The van der Waals surface area contributed by atoms with Crippen molar-refractivity contribution >= 4 is 39.5 Å². The molecule has 0 aromatic heterocycles. The Morgan fingerprint density at radius 1 is 0.307 bits per heavy atom. The number of allylic oxidation sites excluding steroid dienone is 4. The standard InChI is InChI=1S/C82H156O17P2/c1-7-9-11-13-15-17-19-21-27-32-36-40-46-52-58-64-79(84)92-70-77(98-81(86)67-61-55-48-42-38-34-30-26-24-23-25-29-31-35-39-44-50-56-62-74(3)4)72-96-100(88,89)94-68-76(83)69-95-101(90,91)97-73-78(71-93-80(85)65-59-53-49-43-45-51-57-63-75(5)6)99-82(87)66-60-54-47-41-37-33-28-22-20-18-16-14-12-10-8-2/h17,19,21,27,74-78,83H,7-16,18,20,22-26,28-73H2,1-6H3,(H,88,89)(H,90,91)/b19-17-,27-21-/t76-,77-,78-/m1/s1. The average Bonchev–Trinajstić information content (AvgIpc) is 0.988. The minimum atomic E-state index is -4.97. The quantitative estimate of drug-likeness (QED) is 0.0169. The van der Waals surface area contributed by atoms with Crippen molar-refractivity contribution in [3.63, 3.8) is 0 Å². The van der Waals surface area contributed by atoms with Crippen LogP contribution in [0.1, 0.15) is 408 Å². The predicted octanol–water partition coefficient (Wildman–Crippen LogP) is 24.2.